The normalized spacial score (nSPS) is 26.6. The molecule has 1 N–H and O–H groups in total. The summed E-state index contributed by atoms with van der Waals surface area (Å²) in [4.78, 5) is 0. The molecule has 1 aliphatic heterocycles. The number of hydrogen-bond donors (Lipinski definition) is 1. The predicted molar refractivity (Wildman–Crippen MR) is 62.3 cm³/mol. The molecule has 0 radical (unpaired) electrons. The molecule has 3 rings (SSSR count). The van der Waals surface area contributed by atoms with Gasteiger partial charge in [-0.3, -0.25) is 0 Å². The molecular weight excluding hydrogens is 202 g/mol. The van der Waals surface area contributed by atoms with Crippen LogP contribution in [0.1, 0.15) is 36.4 Å². The largest absolute Gasteiger partial charge is 0.486 e. The Kier molecular flexibility index (Phi) is 2.28. The highest BCUT2D eigenvalue weighted by molar-refractivity contribution is 5.52. The van der Waals surface area contributed by atoms with Crippen LogP contribution in [-0.4, -0.2) is 20.3 Å². The summed E-state index contributed by atoms with van der Waals surface area (Å²) in [6.45, 7) is 3.59. The molecule has 2 unspecified atom stereocenters. The lowest BCUT2D eigenvalue weighted by Crippen LogP contribution is -2.17. The maximum atomic E-state index is 5.62. The van der Waals surface area contributed by atoms with Gasteiger partial charge in [-0.1, -0.05) is 6.92 Å². The first kappa shape index (κ1) is 9.97. The molecule has 3 heteroatoms. The van der Waals surface area contributed by atoms with E-state index in [0.717, 1.165) is 17.9 Å². The van der Waals surface area contributed by atoms with E-state index >= 15 is 0 Å². The quantitative estimate of drug-likeness (QED) is 0.785. The van der Waals surface area contributed by atoms with Crippen molar-refractivity contribution < 1.29 is 9.47 Å². The van der Waals surface area contributed by atoms with E-state index in [-0.39, 0.29) is 0 Å². The zero-order chi connectivity index (χ0) is 11.1. The summed E-state index contributed by atoms with van der Waals surface area (Å²) < 4.78 is 11.2. The molecule has 3 nitrogen and oxygen atoms in total. The fraction of sp³-hybridized carbons (Fsp3) is 0.538. The lowest BCUT2D eigenvalue weighted by atomic mass is 10.0. The van der Waals surface area contributed by atoms with Crippen molar-refractivity contribution in [2.75, 3.05) is 20.3 Å². The minimum Gasteiger partial charge on any atom is -0.486 e. The third-order valence-electron chi connectivity index (χ3n) is 3.59. The molecule has 1 aromatic rings. The summed E-state index contributed by atoms with van der Waals surface area (Å²) in [7, 11) is 2.02. The molecule has 1 heterocycles. The Morgan fingerprint density at radius 1 is 1.12 bits per heavy atom. The van der Waals surface area contributed by atoms with Gasteiger partial charge in [-0.25, -0.2) is 0 Å². The summed E-state index contributed by atoms with van der Waals surface area (Å²) in [5.41, 5.74) is 2.78. The van der Waals surface area contributed by atoms with E-state index in [4.69, 9.17) is 9.47 Å². The van der Waals surface area contributed by atoms with E-state index in [9.17, 15) is 0 Å². The smallest absolute Gasteiger partial charge is 0.161 e. The van der Waals surface area contributed by atoms with E-state index in [1.807, 2.05) is 7.05 Å². The van der Waals surface area contributed by atoms with Crippen molar-refractivity contribution in [1.82, 2.24) is 5.32 Å². The SMILES string of the molecule is CNC1CC(C)c2cc3c(cc21)OCCO3. The van der Waals surface area contributed by atoms with E-state index in [1.165, 1.54) is 11.1 Å². The highest BCUT2D eigenvalue weighted by Crippen LogP contribution is 2.45. The topological polar surface area (TPSA) is 30.5 Å². The van der Waals surface area contributed by atoms with Crippen molar-refractivity contribution >= 4 is 0 Å². The maximum Gasteiger partial charge on any atom is 0.161 e. The summed E-state index contributed by atoms with van der Waals surface area (Å²) >= 11 is 0. The Bertz CT molecular complexity index is 417. The molecule has 1 aromatic carbocycles. The lowest BCUT2D eigenvalue weighted by Gasteiger charge is -2.20. The van der Waals surface area contributed by atoms with Gasteiger partial charge in [0, 0.05) is 6.04 Å². The van der Waals surface area contributed by atoms with Gasteiger partial charge in [0.25, 0.3) is 0 Å². The van der Waals surface area contributed by atoms with Crippen molar-refractivity contribution in [2.45, 2.75) is 25.3 Å². The Morgan fingerprint density at radius 3 is 2.38 bits per heavy atom. The van der Waals surface area contributed by atoms with Crippen LogP contribution in [0.3, 0.4) is 0 Å². The molecule has 86 valence electrons. The molecule has 0 fully saturated rings. The van der Waals surface area contributed by atoms with E-state index < -0.39 is 0 Å². The van der Waals surface area contributed by atoms with Gasteiger partial charge in [0.1, 0.15) is 13.2 Å². The zero-order valence-corrected chi connectivity index (χ0v) is 9.75. The zero-order valence-electron chi connectivity index (χ0n) is 9.75. The van der Waals surface area contributed by atoms with Crippen LogP contribution in [0, 0.1) is 0 Å². The Hall–Kier alpha value is -1.22. The predicted octanol–water partition coefficient (Wildman–Crippen LogP) is 2.23. The number of hydrogen-bond acceptors (Lipinski definition) is 3. The van der Waals surface area contributed by atoms with Crippen molar-refractivity contribution in [3.05, 3.63) is 23.3 Å². The van der Waals surface area contributed by atoms with Crippen LogP contribution in [0.25, 0.3) is 0 Å². The Labute approximate surface area is 95.8 Å². The van der Waals surface area contributed by atoms with Gasteiger partial charge in [0.05, 0.1) is 0 Å². The molecule has 0 aromatic heterocycles. The third kappa shape index (κ3) is 1.39. The van der Waals surface area contributed by atoms with Crippen LogP contribution in [0.4, 0.5) is 0 Å². The molecular formula is C13H17NO2. The Balaban J connectivity index is 2.08. The van der Waals surface area contributed by atoms with Crippen molar-refractivity contribution in [3.8, 4) is 11.5 Å². The first-order valence-corrected chi connectivity index (χ1v) is 5.90. The van der Waals surface area contributed by atoms with Crippen LogP contribution < -0.4 is 14.8 Å². The van der Waals surface area contributed by atoms with Gasteiger partial charge >= 0.3 is 0 Å². The second-order valence-corrected chi connectivity index (χ2v) is 4.60. The van der Waals surface area contributed by atoms with E-state index in [0.29, 0.717) is 25.2 Å². The third-order valence-corrected chi connectivity index (χ3v) is 3.59. The fourth-order valence-corrected chi connectivity index (χ4v) is 2.73. The summed E-state index contributed by atoms with van der Waals surface area (Å²) in [6.07, 6.45) is 1.16. The molecule has 2 atom stereocenters. The van der Waals surface area contributed by atoms with Gasteiger partial charge in [0.2, 0.25) is 0 Å². The van der Waals surface area contributed by atoms with Gasteiger partial charge in [-0.2, -0.15) is 0 Å². The van der Waals surface area contributed by atoms with E-state index in [1.54, 1.807) is 0 Å². The average Bonchev–Trinajstić information content (AvgIpc) is 2.63. The average molecular weight is 219 g/mol. The molecule has 1 aliphatic carbocycles. The van der Waals surface area contributed by atoms with Crippen molar-refractivity contribution in [1.29, 1.82) is 0 Å². The van der Waals surface area contributed by atoms with Gasteiger partial charge in [-0.15, -0.1) is 0 Å². The minimum absolute atomic E-state index is 0.459. The number of benzene rings is 1. The molecule has 2 aliphatic rings. The molecule has 0 spiro atoms. The van der Waals surface area contributed by atoms with Gasteiger partial charge < -0.3 is 14.8 Å². The summed E-state index contributed by atoms with van der Waals surface area (Å²) in [5, 5.41) is 3.36. The lowest BCUT2D eigenvalue weighted by molar-refractivity contribution is 0.171. The number of rotatable bonds is 1. The molecule has 0 saturated carbocycles. The second kappa shape index (κ2) is 3.67. The molecule has 0 saturated heterocycles. The van der Waals surface area contributed by atoms with Crippen molar-refractivity contribution in [3.63, 3.8) is 0 Å². The standard InChI is InChI=1S/C13H17NO2/c1-8-5-11(14-2)10-7-13-12(6-9(8)10)15-3-4-16-13/h6-8,11,14H,3-5H2,1-2H3. The number of nitrogens with one attached hydrogen (secondary N) is 1. The van der Waals surface area contributed by atoms with Crippen LogP contribution >= 0.6 is 0 Å². The maximum absolute atomic E-state index is 5.62. The number of fused-ring (bicyclic) bond motifs is 2. The second-order valence-electron chi connectivity index (χ2n) is 4.60. The monoisotopic (exact) mass is 219 g/mol. The minimum atomic E-state index is 0.459. The molecule has 16 heavy (non-hydrogen) atoms. The van der Waals surface area contributed by atoms with Crippen LogP contribution in [0.2, 0.25) is 0 Å². The highest BCUT2D eigenvalue weighted by atomic mass is 16.6. The first-order valence-electron chi connectivity index (χ1n) is 5.90. The molecule has 0 amide bonds. The van der Waals surface area contributed by atoms with Crippen molar-refractivity contribution in [2.24, 2.45) is 0 Å². The highest BCUT2D eigenvalue weighted by Gasteiger charge is 2.29. The summed E-state index contributed by atoms with van der Waals surface area (Å²) in [5.74, 6) is 2.41. The van der Waals surface area contributed by atoms with Crippen LogP contribution in [-0.2, 0) is 0 Å². The van der Waals surface area contributed by atoms with Crippen LogP contribution in [0.5, 0.6) is 11.5 Å². The van der Waals surface area contributed by atoms with E-state index in [2.05, 4.69) is 24.4 Å². The van der Waals surface area contributed by atoms with Gasteiger partial charge in [0.15, 0.2) is 11.5 Å². The van der Waals surface area contributed by atoms with Crippen LogP contribution in [0.15, 0.2) is 12.1 Å². The first-order chi connectivity index (χ1) is 7.79. The fourth-order valence-electron chi connectivity index (χ4n) is 2.73. The number of ether oxygens (including phenoxy) is 2. The summed E-state index contributed by atoms with van der Waals surface area (Å²) in [6, 6.07) is 4.76. The molecule has 0 bridgehead atoms. The Morgan fingerprint density at radius 2 is 1.75 bits per heavy atom. The van der Waals surface area contributed by atoms with Gasteiger partial charge in [-0.05, 0) is 42.6 Å².